The van der Waals surface area contributed by atoms with Gasteiger partial charge in [-0.25, -0.2) is 13.1 Å². The van der Waals surface area contributed by atoms with Crippen LogP contribution in [-0.4, -0.2) is 29.1 Å². The molecule has 0 spiro atoms. The molecule has 0 fully saturated rings. The largest absolute Gasteiger partial charge is 0.307 e. The fraction of sp³-hybridized carbons (Fsp3) is 0.0769. The van der Waals surface area contributed by atoms with Crippen molar-refractivity contribution in [1.29, 1.82) is 0 Å². The van der Waals surface area contributed by atoms with Gasteiger partial charge < -0.3 is 4.57 Å². The highest BCUT2D eigenvalue weighted by Crippen LogP contribution is 2.21. The third-order valence-corrected chi connectivity index (χ3v) is 5.47. The molecule has 1 N–H and O–H groups in total. The lowest BCUT2D eigenvalue weighted by Gasteiger charge is -2.06. The van der Waals surface area contributed by atoms with Gasteiger partial charge in [0.2, 0.25) is 0 Å². The molecule has 23 heavy (non-hydrogen) atoms. The Morgan fingerprint density at radius 2 is 2.04 bits per heavy atom. The maximum absolute atomic E-state index is 12.3. The molecule has 8 nitrogen and oxygen atoms in total. The van der Waals surface area contributed by atoms with E-state index in [1.807, 2.05) is 4.72 Å². The second kappa shape index (κ2) is 5.56. The number of nitrogens with one attached hydrogen (secondary N) is 1. The zero-order chi connectivity index (χ0) is 16.6. The Kier molecular flexibility index (Phi) is 3.70. The van der Waals surface area contributed by atoms with Crippen LogP contribution in [0.4, 0.5) is 0 Å². The average molecular weight is 350 g/mol. The number of sulfonamides is 1. The van der Waals surface area contributed by atoms with Gasteiger partial charge in [-0.2, -0.15) is 10.2 Å². The average Bonchev–Trinajstić information content (AvgIpc) is 2.82. The van der Waals surface area contributed by atoms with Crippen molar-refractivity contribution in [2.45, 2.75) is 4.90 Å². The molecule has 3 rings (SSSR count). The summed E-state index contributed by atoms with van der Waals surface area (Å²) in [6.07, 6.45) is 2.45. The molecule has 0 unspecified atom stereocenters. The lowest BCUT2D eigenvalue weighted by atomic mass is 10.3. The van der Waals surface area contributed by atoms with E-state index in [4.69, 9.17) is 0 Å². The van der Waals surface area contributed by atoms with Gasteiger partial charge in [0.25, 0.3) is 15.9 Å². The molecule has 0 saturated heterocycles. The molecule has 0 bridgehead atoms. The third kappa shape index (κ3) is 2.85. The minimum absolute atomic E-state index is 0.0778. The zero-order valence-electron chi connectivity index (χ0n) is 11.8. The van der Waals surface area contributed by atoms with Crippen LogP contribution in [0.25, 0.3) is 10.2 Å². The van der Waals surface area contributed by atoms with Crippen LogP contribution in [0.3, 0.4) is 0 Å². The van der Waals surface area contributed by atoms with Crippen LogP contribution < -0.4 is 9.60 Å². The van der Waals surface area contributed by atoms with Crippen molar-refractivity contribution in [2.75, 3.05) is 0 Å². The van der Waals surface area contributed by atoms with Crippen LogP contribution in [0.2, 0.25) is 0 Å². The number of aromatic nitrogens is 3. The fourth-order valence-corrected chi connectivity index (χ4v) is 3.94. The number of nitrogens with zero attached hydrogens (tertiary/aromatic N) is 3. The summed E-state index contributed by atoms with van der Waals surface area (Å²) in [7, 11) is -2.45. The lowest BCUT2D eigenvalue weighted by molar-refractivity contribution is 0.0981. The number of benzene rings is 1. The summed E-state index contributed by atoms with van der Waals surface area (Å²) in [5.74, 6) is -0.804. The van der Waals surface area contributed by atoms with E-state index in [1.54, 1.807) is 7.05 Å². The van der Waals surface area contributed by atoms with E-state index >= 15 is 0 Å². The Hall–Kier alpha value is -2.59. The molecule has 0 atom stereocenters. The van der Waals surface area contributed by atoms with E-state index < -0.39 is 15.9 Å². The summed E-state index contributed by atoms with van der Waals surface area (Å²) < 4.78 is 28.5. The van der Waals surface area contributed by atoms with Crippen LogP contribution in [0.5, 0.6) is 0 Å². The SMILES string of the molecule is Cn1c(=O)sc2cc(S(=O)(=O)NC(=O)c3ccnnc3)ccc21. The topological polar surface area (TPSA) is 111 Å². The molecule has 3 aromatic rings. The Bertz CT molecular complexity index is 1050. The number of fused-ring (bicyclic) bond motifs is 1. The zero-order valence-corrected chi connectivity index (χ0v) is 13.4. The normalized spacial score (nSPS) is 11.5. The number of hydrogen-bond donors (Lipinski definition) is 1. The Labute approximate surface area is 134 Å². The molecule has 0 aliphatic carbocycles. The van der Waals surface area contributed by atoms with Crippen molar-refractivity contribution in [2.24, 2.45) is 7.05 Å². The smallest absolute Gasteiger partial charge is 0.302 e. The fourth-order valence-electron chi connectivity index (χ4n) is 1.95. The third-order valence-electron chi connectivity index (χ3n) is 3.15. The minimum atomic E-state index is -4.06. The van der Waals surface area contributed by atoms with E-state index in [-0.39, 0.29) is 15.3 Å². The molecule has 10 heteroatoms. The Morgan fingerprint density at radius 3 is 2.74 bits per heavy atom. The summed E-state index contributed by atoms with van der Waals surface area (Å²) in [6, 6.07) is 5.58. The maximum atomic E-state index is 12.3. The molecule has 0 saturated carbocycles. The van der Waals surface area contributed by atoms with Crippen molar-refractivity contribution >= 4 is 37.5 Å². The van der Waals surface area contributed by atoms with Gasteiger partial charge in [-0.3, -0.25) is 9.59 Å². The van der Waals surface area contributed by atoms with Gasteiger partial charge >= 0.3 is 4.87 Å². The van der Waals surface area contributed by atoms with Crippen LogP contribution in [-0.2, 0) is 17.1 Å². The molecule has 0 aliphatic rings. The van der Waals surface area contributed by atoms with Gasteiger partial charge in [0.05, 0.1) is 33.1 Å². The predicted octanol–water partition coefficient (Wildman–Crippen LogP) is 0.509. The first-order valence-corrected chi connectivity index (χ1v) is 8.62. The van der Waals surface area contributed by atoms with Gasteiger partial charge in [0.1, 0.15) is 0 Å². The standard InChI is InChI=1S/C13H10N4O4S2/c1-17-10-3-2-9(6-11(10)22-13(17)19)23(20,21)16-12(18)8-4-5-14-15-7-8/h2-7H,1H3,(H,16,18). The highest BCUT2D eigenvalue weighted by Gasteiger charge is 2.20. The first-order chi connectivity index (χ1) is 10.9. The van der Waals surface area contributed by atoms with Crippen molar-refractivity contribution in [3.05, 3.63) is 51.9 Å². The van der Waals surface area contributed by atoms with Crippen molar-refractivity contribution in [3.63, 3.8) is 0 Å². The number of thiazole rings is 1. The molecule has 118 valence electrons. The summed E-state index contributed by atoms with van der Waals surface area (Å²) in [6.45, 7) is 0. The Morgan fingerprint density at radius 1 is 1.26 bits per heavy atom. The number of amides is 1. The quantitative estimate of drug-likeness (QED) is 0.737. The monoisotopic (exact) mass is 350 g/mol. The van der Waals surface area contributed by atoms with E-state index in [2.05, 4.69) is 10.2 Å². The maximum Gasteiger partial charge on any atom is 0.307 e. The highest BCUT2D eigenvalue weighted by molar-refractivity contribution is 7.90. The van der Waals surface area contributed by atoms with Crippen LogP contribution in [0.1, 0.15) is 10.4 Å². The number of aryl methyl sites for hydroxylation is 1. The van der Waals surface area contributed by atoms with Crippen molar-refractivity contribution in [1.82, 2.24) is 19.5 Å². The number of hydrogen-bond acceptors (Lipinski definition) is 7. The van der Waals surface area contributed by atoms with E-state index in [9.17, 15) is 18.0 Å². The number of rotatable bonds is 3. The van der Waals surface area contributed by atoms with E-state index in [0.717, 1.165) is 17.5 Å². The predicted molar refractivity (Wildman–Crippen MR) is 83.8 cm³/mol. The van der Waals surface area contributed by atoms with Gasteiger partial charge in [-0.05, 0) is 24.3 Å². The van der Waals surface area contributed by atoms with E-state index in [1.165, 1.54) is 35.0 Å². The van der Waals surface area contributed by atoms with Gasteiger partial charge in [-0.1, -0.05) is 11.3 Å². The molecule has 1 amide bonds. The summed E-state index contributed by atoms with van der Waals surface area (Å²) in [4.78, 5) is 23.3. The highest BCUT2D eigenvalue weighted by atomic mass is 32.2. The van der Waals surface area contributed by atoms with Gasteiger partial charge in [0.15, 0.2) is 0 Å². The van der Waals surface area contributed by atoms with Crippen molar-refractivity contribution < 1.29 is 13.2 Å². The number of carbonyl (C=O) groups excluding carboxylic acids is 1. The van der Waals surface area contributed by atoms with Crippen LogP contribution in [0, 0.1) is 0 Å². The molecule has 2 aromatic heterocycles. The number of carbonyl (C=O) groups is 1. The molecule has 0 radical (unpaired) electrons. The second-order valence-electron chi connectivity index (χ2n) is 4.62. The molecular weight excluding hydrogens is 340 g/mol. The second-order valence-corrected chi connectivity index (χ2v) is 7.30. The molecule has 2 heterocycles. The minimum Gasteiger partial charge on any atom is -0.302 e. The first kappa shape index (κ1) is 15.3. The van der Waals surface area contributed by atoms with Crippen molar-refractivity contribution in [3.8, 4) is 0 Å². The summed E-state index contributed by atoms with van der Waals surface area (Å²) >= 11 is 0.936. The van der Waals surface area contributed by atoms with Gasteiger partial charge in [0, 0.05) is 7.05 Å². The lowest BCUT2D eigenvalue weighted by Crippen LogP contribution is -2.30. The van der Waals surface area contributed by atoms with Gasteiger partial charge in [-0.15, -0.1) is 0 Å². The Balaban J connectivity index is 1.96. The van der Waals surface area contributed by atoms with Crippen LogP contribution in [0.15, 0.2) is 46.3 Å². The summed E-state index contributed by atoms with van der Waals surface area (Å²) in [5, 5.41) is 7.04. The van der Waals surface area contributed by atoms with E-state index in [0.29, 0.717) is 10.2 Å². The molecular formula is C13H10N4O4S2. The molecule has 0 aliphatic heterocycles. The summed E-state index contributed by atoms with van der Waals surface area (Å²) in [5.41, 5.74) is 0.706. The molecule has 1 aromatic carbocycles. The first-order valence-electron chi connectivity index (χ1n) is 6.32. The van der Waals surface area contributed by atoms with Crippen LogP contribution >= 0.6 is 11.3 Å².